The number of halogens is 1. The van der Waals surface area contributed by atoms with E-state index in [1.165, 1.54) is 0 Å². The predicted octanol–water partition coefficient (Wildman–Crippen LogP) is 2.16. The van der Waals surface area contributed by atoms with Crippen molar-refractivity contribution in [2.45, 2.75) is 6.42 Å². The second-order valence-electron chi connectivity index (χ2n) is 5.73. The van der Waals surface area contributed by atoms with Crippen molar-refractivity contribution in [2.75, 3.05) is 53.4 Å². The third-order valence-corrected chi connectivity index (χ3v) is 4.53. The number of amides is 1. The highest BCUT2D eigenvalue weighted by atomic mass is 79.9. The lowest BCUT2D eigenvalue weighted by Crippen LogP contribution is -2.45. The van der Waals surface area contributed by atoms with Gasteiger partial charge in [0.15, 0.2) is 0 Å². The lowest BCUT2D eigenvalue weighted by Gasteiger charge is -2.32. The van der Waals surface area contributed by atoms with E-state index < -0.39 is 0 Å². The number of nitrogens with zero attached hydrogens (tertiary/aromatic N) is 3. The first-order chi connectivity index (χ1) is 10.1. The Morgan fingerprint density at radius 2 is 1.81 bits per heavy atom. The van der Waals surface area contributed by atoms with Gasteiger partial charge in [-0.15, -0.1) is 0 Å². The molecule has 0 N–H and O–H groups in total. The highest BCUT2D eigenvalue weighted by Gasteiger charge is 2.15. The fourth-order valence-corrected chi connectivity index (χ4v) is 2.78. The number of hydrogen-bond acceptors (Lipinski definition) is 3. The number of carbonyl (C=O) groups excluding carboxylic acids is 1. The number of carbonyl (C=O) groups is 1. The zero-order valence-corrected chi connectivity index (χ0v) is 14.5. The molecular weight excluding hydrogens is 330 g/mol. The second-order valence-corrected chi connectivity index (χ2v) is 6.65. The summed E-state index contributed by atoms with van der Waals surface area (Å²) in [6.07, 6.45) is 1.03. The summed E-state index contributed by atoms with van der Waals surface area (Å²) in [6, 6.07) is 7.55. The van der Waals surface area contributed by atoms with Crippen molar-refractivity contribution in [2.24, 2.45) is 0 Å². The zero-order valence-electron chi connectivity index (χ0n) is 12.9. The van der Waals surface area contributed by atoms with E-state index in [0.717, 1.165) is 55.7 Å². The van der Waals surface area contributed by atoms with Gasteiger partial charge in [0.1, 0.15) is 0 Å². The molecule has 1 aromatic carbocycles. The average molecular weight is 354 g/mol. The molecule has 21 heavy (non-hydrogen) atoms. The molecule has 5 heteroatoms. The summed E-state index contributed by atoms with van der Waals surface area (Å²) >= 11 is 3.39. The van der Waals surface area contributed by atoms with Gasteiger partial charge in [-0.25, -0.2) is 0 Å². The van der Waals surface area contributed by atoms with Crippen molar-refractivity contribution in [1.29, 1.82) is 0 Å². The van der Waals surface area contributed by atoms with Crippen LogP contribution in [0, 0.1) is 0 Å². The van der Waals surface area contributed by atoms with Crippen LogP contribution in [0.3, 0.4) is 0 Å². The molecule has 0 spiro atoms. The van der Waals surface area contributed by atoms with Crippen molar-refractivity contribution >= 4 is 21.8 Å². The van der Waals surface area contributed by atoms with Crippen LogP contribution in [0.25, 0.3) is 0 Å². The molecule has 1 aliphatic rings. The quantitative estimate of drug-likeness (QED) is 0.811. The van der Waals surface area contributed by atoms with E-state index in [0.29, 0.717) is 0 Å². The summed E-state index contributed by atoms with van der Waals surface area (Å²) < 4.78 is 0.997. The van der Waals surface area contributed by atoms with E-state index >= 15 is 0 Å². The number of hydrogen-bond donors (Lipinski definition) is 0. The number of benzene rings is 1. The minimum atomic E-state index is 0.0980. The van der Waals surface area contributed by atoms with Crippen molar-refractivity contribution in [1.82, 2.24) is 14.7 Å². The third-order valence-electron chi connectivity index (χ3n) is 4.00. The van der Waals surface area contributed by atoms with E-state index in [-0.39, 0.29) is 5.91 Å². The standard InChI is InChI=1S/C16H24BrN3O/c1-18-10-12-20(13-11-18)9-3-8-19(2)16(21)14-4-6-15(17)7-5-14/h4-7H,3,8-13H2,1-2H3. The van der Waals surface area contributed by atoms with Crippen LogP contribution in [-0.4, -0.2) is 74.0 Å². The molecule has 1 amide bonds. The Labute approximate surface area is 135 Å². The van der Waals surface area contributed by atoms with Gasteiger partial charge in [0.25, 0.3) is 5.91 Å². The van der Waals surface area contributed by atoms with Crippen LogP contribution < -0.4 is 0 Å². The van der Waals surface area contributed by atoms with Crippen LogP contribution in [0.4, 0.5) is 0 Å². The Bertz CT molecular complexity index is 455. The molecule has 0 aliphatic carbocycles. The molecule has 0 aromatic heterocycles. The Balaban J connectivity index is 1.72. The molecule has 0 bridgehead atoms. The lowest BCUT2D eigenvalue weighted by molar-refractivity contribution is 0.0783. The Hall–Kier alpha value is -0.910. The van der Waals surface area contributed by atoms with Crippen molar-refractivity contribution in [3.05, 3.63) is 34.3 Å². The monoisotopic (exact) mass is 353 g/mol. The molecule has 1 saturated heterocycles. The van der Waals surface area contributed by atoms with E-state index in [9.17, 15) is 4.79 Å². The number of rotatable bonds is 5. The summed E-state index contributed by atoms with van der Waals surface area (Å²) in [4.78, 5) is 18.9. The molecule has 0 radical (unpaired) electrons. The van der Waals surface area contributed by atoms with Crippen LogP contribution in [0.1, 0.15) is 16.8 Å². The summed E-state index contributed by atoms with van der Waals surface area (Å²) in [5.74, 6) is 0.0980. The summed E-state index contributed by atoms with van der Waals surface area (Å²) in [6.45, 7) is 6.45. The molecule has 4 nitrogen and oxygen atoms in total. The van der Waals surface area contributed by atoms with Crippen LogP contribution in [0.15, 0.2) is 28.7 Å². The summed E-state index contributed by atoms with van der Waals surface area (Å²) in [5.41, 5.74) is 0.750. The smallest absolute Gasteiger partial charge is 0.253 e. The summed E-state index contributed by atoms with van der Waals surface area (Å²) in [5, 5.41) is 0. The van der Waals surface area contributed by atoms with Crippen molar-refractivity contribution < 1.29 is 4.79 Å². The van der Waals surface area contributed by atoms with E-state index in [1.807, 2.05) is 36.2 Å². The van der Waals surface area contributed by atoms with Gasteiger partial charge in [-0.2, -0.15) is 0 Å². The fraction of sp³-hybridized carbons (Fsp3) is 0.562. The van der Waals surface area contributed by atoms with Crippen LogP contribution in [-0.2, 0) is 0 Å². The zero-order chi connectivity index (χ0) is 15.2. The van der Waals surface area contributed by atoms with Gasteiger partial charge < -0.3 is 14.7 Å². The lowest BCUT2D eigenvalue weighted by atomic mass is 10.2. The van der Waals surface area contributed by atoms with Crippen LogP contribution in [0.2, 0.25) is 0 Å². The summed E-state index contributed by atoms with van der Waals surface area (Å²) in [7, 11) is 4.05. The Kier molecular flexibility index (Phi) is 6.21. The van der Waals surface area contributed by atoms with Gasteiger partial charge in [0, 0.05) is 49.8 Å². The molecule has 2 rings (SSSR count). The highest BCUT2D eigenvalue weighted by molar-refractivity contribution is 9.10. The predicted molar refractivity (Wildman–Crippen MR) is 89.7 cm³/mol. The average Bonchev–Trinajstić information content (AvgIpc) is 2.49. The van der Waals surface area contributed by atoms with Crippen LogP contribution >= 0.6 is 15.9 Å². The Morgan fingerprint density at radius 3 is 2.43 bits per heavy atom. The topological polar surface area (TPSA) is 26.8 Å². The first-order valence-corrected chi connectivity index (χ1v) is 8.27. The molecule has 0 atom stereocenters. The molecular formula is C16H24BrN3O. The second kappa shape index (κ2) is 7.92. The van der Waals surface area contributed by atoms with Crippen molar-refractivity contribution in [3.8, 4) is 0 Å². The molecule has 1 aromatic rings. The molecule has 1 fully saturated rings. The molecule has 116 valence electrons. The van der Waals surface area contributed by atoms with E-state index in [4.69, 9.17) is 0 Å². The number of likely N-dealkylation sites (N-methyl/N-ethyl adjacent to an activating group) is 1. The van der Waals surface area contributed by atoms with Gasteiger partial charge in [0.05, 0.1) is 0 Å². The van der Waals surface area contributed by atoms with Gasteiger partial charge in [-0.3, -0.25) is 4.79 Å². The molecule has 0 saturated carbocycles. The van der Waals surface area contributed by atoms with Gasteiger partial charge in [0.2, 0.25) is 0 Å². The normalized spacial score (nSPS) is 16.9. The molecule has 0 unspecified atom stereocenters. The first kappa shape index (κ1) is 16.5. The largest absolute Gasteiger partial charge is 0.342 e. The van der Waals surface area contributed by atoms with Gasteiger partial charge in [-0.05, 0) is 44.3 Å². The van der Waals surface area contributed by atoms with Crippen molar-refractivity contribution in [3.63, 3.8) is 0 Å². The minimum absolute atomic E-state index is 0.0980. The van der Waals surface area contributed by atoms with E-state index in [1.54, 1.807) is 0 Å². The number of piperazine rings is 1. The molecule has 1 aliphatic heterocycles. The molecule has 1 heterocycles. The SMILES string of the molecule is CN1CCN(CCCN(C)C(=O)c2ccc(Br)cc2)CC1. The third kappa shape index (κ3) is 5.09. The first-order valence-electron chi connectivity index (χ1n) is 7.48. The maximum absolute atomic E-state index is 12.3. The van der Waals surface area contributed by atoms with E-state index in [2.05, 4.69) is 32.8 Å². The maximum Gasteiger partial charge on any atom is 0.253 e. The fourth-order valence-electron chi connectivity index (χ4n) is 2.52. The van der Waals surface area contributed by atoms with Gasteiger partial charge >= 0.3 is 0 Å². The van der Waals surface area contributed by atoms with Gasteiger partial charge in [-0.1, -0.05) is 15.9 Å². The maximum atomic E-state index is 12.3. The minimum Gasteiger partial charge on any atom is -0.342 e. The van der Waals surface area contributed by atoms with Crippen LogP contribution in [0.5, 0.6) is 0 Å². The highest BCUT2D eigenvalue weighted by Crippen LogP contribution is 2.12. The Morgan fingerprint density at radius 1 is 1.19 bits per heavy atom.